The number of alkyl halides is 3. The first-order valence-electron chi connectivity index (χ1n) is 5.61. The molecule has 1 aromatic carbocycles. The number of halogens is 3. The van der Waals surface area contributed by atoms with Gasteiger partial charge in [0.15, 0.2) is 17.3 Å². The maximum atomic E-state index is 12.1. The molecule has 0 bridgehead atoms. The second kappa shape index (κ2) is 5.95. The number of rotatable bonds is 5. The fourth-order valence-corrected chi connectivity index (χ4v) is 1.67. The molecule has 0 aromatic heterocycles. The van der Waals surface area contributed by atoms with Crippen molar-refractivity contribution in [2.75, 3.05) is 14.2 Å². The van der Waals surface area contributed by atoms with E-state index in [1.807, 2.05) is 0 Å². The smallest absolute Gasteiger partial charge is 0.389 e. The van der Waals surface area contributed by atoms with Gasteiger partial charge in [0.05, 0.1) is 20.6 Å². The first kappa shape index (κ1) is 15.3. The van der Waals surface area contributed by atoms with E-state index in [0.717, 1.165) is 0 Å². The Balaban J connectivity index is 2.97. The average molecular weight is 276 g/mol. The highest BCUT2D eigenvalue weighted by Crippen LogP contribution is 2.31. The van der Waals surface area contributed by atoms with Gasteiger partial charge in [0.1, 0.15) is 0 Å². The van der Waals surface area contributed by atoms with E-state index in [2.05, 4.69) is 0 Å². The first-order chi connectivity index (χ1) is 8.78. The highest BCUT2D eigenvalue weighted by Gasteiger charge is 2.28. The molecule has 0 atom stereocenters. The molecule has 0 fully saturated rings. The average Bonchev–Trinajstić information content (AvgIpc) is 2.34. The zero-order valence-corrected chi connectivity index (χ0v) is 10.9. The Hall–Kier alpha value is -1.72. The highest BCUT2D eigenvalue weighted by atomic mass is 19.4. The zero-order valence-electron chi connectivity index (χ0n) is 10.9. The molecule has 19 heavy (non-hydrogen) atoms. The number of hydrogen-bond acceptors (Lipinski definition) is 3. The van der Waals surface area contributed by atoms with Gasteiger partial charge < -0.3 is 9.47 Å². The van der Waals surface area contributed by atoms with Crippen LogP contribution in [-0.4, -0.2) is 26.2 Å². The van der Waals surface area contributed by atoms with Gasteiger partial charge in [0, 0.05) is 12.0 Å². The van der Waals surface area contributed by atoms with E-state index in [9.17, 15) is 18.0 Å². The quantitative estimate of drug-likeness (QED) is 0.772. The SMILES string of the molecule is COc1cc(C)c(C(=O)CCC(F)(F)F)cc1OC. The maximum Gasteiger partial charge on any atom is 0.389 e. The molecule has 0 saturated heterocycles. The van der Waals surface area contributed by atoms with Crippen LogP contribution in [0.1, 0.15) is 28.8 Å². The number of carbonyl (C=O) groups is 1. The Morgan fingerprint density at radius 3 is 2.16 bits per heavy atom. The summed E-state index contributed by atoms with van der Waals surface area (Å²) in [6.07, 6.45) is -6.03. The van der Waals surface area contributed by atoms with Crippen molar-refractivity contribution in [2.45, 2.75) is 25.9 Å². The Bertz CT molecular complexity index is 467. The third kappa shape index (κ3) is 4.15. The van der Waals surface area contributed by atoms with Crippen LogP contribution in [0.5, 0.6) is 11.5 Å². The zero-order chi connectivity index (χ0) is 14.6. The third-order valence-corrected chi connectivity index (χ3v) is 2.67. The number of benzene rings is 1. The van der Waals surface area contributed by atoms with Gasteiger partial charge in [-0.1, -0.05) is 0 Å². The molecule has 0 unspecified atom stereocenters. The summed E-state index contributed by atoms with van der Waals surface area (Å²) in [4.78, 5) is 11.8. The number of ether oxygens (including phenoxy) is 2. The van der Waals surface area contributed by atoms with Gasteiger partial charge >= 0.3 is 6.18 Å². The fourth-order valence-electron chi connectivity index (χ4n) is 1.67. The van der Waals surface area contributed by atoms with E-state index in [-0.39, 0.29) is 5.56 Å². The Morgan fingerprint density at radius 1 is 1.16 bits per heavy atom. The van der Waals surface area contributed by atoms with E-state index in [1.165, 1.54) is 20.3 Å². The summed E-state index contributed by atoms with van der Waals surface area (Å²) in [5.41, 5.74) is 0.784. The van der Waals surface area contributed by atoms with E-state index < -0.39 is 24.8 Å². The highest BCUT2D eigenvalue weighted by molar-refractivity contribution is 5.98. The van der Waals surface area contributed by atoms with Crippen molar-refractivity contribution in [2.24, 2.45) is 0 Å². The van der Waals surface area contributed by atoms with Crippen molar-refractivity contribution in [3.63, 3.8) is 0 Å². The molecular formula is C13H15F3O3. The molecule has 0 radical (unpaired) electrons. The van der Waals surface area contributed by atoms with Crippen molar-refractivity contribution in [1.82, 2.24) is 0 Å². The molecule has 0 spiro atoms. The molecule has 6 heteroatoms. The van der Waals surface area contributed by atoms with Crippen LogP contribution in [-0.2, 0) is 0 Å². The summed E-state index contributed by atoms with van der Waals surface area (Å²) in [6, 6.07) is 2.98. The van der Waals surface area contributed by atoms with Crippen LogP contribution in [0.25, 0.3) is 0 Å². The predicted octanol–water partition coefficient (Wildman–Crippen LogP) is 3.54. The molecule has 1 rings (SSSR count). The van der Waals surface area contributed by atoms with Crippen molar-refractivity contribution >= 4 is 5.78 Å². The predicted molar refractivity (Wildman–Crippen MR) is 63.9 cm³/mol. The molecule has 0 N–H and O–H groups in total. The van der Waals surface area contributed by atoms with Gasteiger partial charge in [-0.2, -0.15) is 13.2 Å². The number of Topliss-reactive ketones (excluding diaryl/α,β-unsaturated/α-hetero) is 1. The molecule has 3 nitrogen and oxygen atoms in total. The van der Waals surface area contributed by atoms with Crippen molar-refractivity contribution < 1.29 is 27.4 Å². The van der Waals surface area contributed by atoms with Crippen LogP contribution in [0.4, 0.5) is 13.2 Å². The summed E-state index contributed by atoms with van der Waals surface area (Å²) in [6.45, 7) is 1.64. The Labute approximate surface area is 109 Å². The lowest BCUT2D eigenvalue weighted by atomic mass is 10.0. The minimum absolute atomic E-state index is 0.224. The molecule has 1 aromatic rings. The molecule has 0 saturated carbocycles. The third-order valence-electron chi connectivity index (χ3n) is 2.67. The van der Waals surface area contributed by atoms with Gasteiger partial charge in [-0.05, 0) is 24.6 Å². The minimum Gasteiger partial charge on any atom is -0.493 e. The molecule has 106 valence electrons. The second-order valence-corrected chi connectivity index (χ2v) is 4.06. The lowest BCUT2D eigenvalue weighted by Gasteiger charge is -2.12. The molecule has 0 aliphatic heterocycles. The largest absolute Gasteiger partial charge is 0.493 e. The van der Waals surface area contributed by atoms with Crippen molar-refractivity contribution in [3.05, 3.63) is 23.3 Å². The van der Waals surface area contributed by atoms with Gasteiger partial charge in [-0.25, -0.2) is 0 Å². The number of hydrogen-bond donors (Lipinski definition) is 0. The lowest BCUT2D eigenvalue weighted by Crippen LogP contribution is -2.12. The molecular weight excluding hydrogens is 261 g/mol. The van der Waals surface area contributed by atoms with Gasteiger partial charge in [-0.15, -0.1) is 0 Å². The van der Waals surface area contributed by atoms with E-state index in [1.54, 1.807) is 13.0 Å². The Kier molecular flexibility index (Phi) is 4.80. The topological polar surface area (TPSA) is 35.5 Å². The molecule has 0 amide bonds. The number of aryl methyl sites for hydroxylation is 1. The fraction of sp³-hybridized carbons (Fsp3) is 0.462. The van der Waals surface area contributed by atoms with Crippen LogP contribution in [0.15, 0.2) is 12.1 Å². The summed E-state index contributed by atoms with van der Waals surface area (Å²) in [5, 5.41) is 0. The van der Waals surface area contributed by atoms with Crippen LogP contribution in [0, 0.1) is 6.92 Å². The maximum absolute atomic E-state index is 12.1. The van der Waals surface area contributed by atoms with Crippen molar-refractivity contribution in [1.29, 1.82) is 0 Å². The number of ketones is 1. The summed E-state index contributed by atoms with van der Waals surface area (Å²) in [7, 11) is 2.85. The molecule has 0 heterocycles. The second-order valence-electron chi connectivity index (χ2n) is 4.06. The Morgan fingerprint density at radius 2 is 1.68 bits per heavy atom. The number of methoxy groups -OCH3 is 2. The monoisotopic (exact) mass is 276 g/mol. The normalized spacial score (nSPS) is 11.3. The molecule has 0 aliphatic rings. The molecule has 0 aliphatic carbocycles. The van der Waals surface area contributed by atoms with Crippen LogP contribution >= 0.6 is 0 Å². The van der Waals surface area contributed by atoms with Gasteiger partial charge in [0.25, 0.3) is 0 Å². The van der Waals surface area contributed by atoms with Crippen molar-refractivity contribution in [3.8, 4) is 11.5 Å². The van der Waals surface area contributed by atoms with Gasteiger partial charge in [0.2, 0.25) is 0 Å². The van der Waals surface area contributed by atoms with Gasteiger partial charge in [-0.3, -0.25) is 4.79 Å². The summed E-state index contributed by atoms with van der Waals surface area (Å²) in [5.74, 6) is 0.201. The summed E-state index contributed by atoms with van der Waals surface area (Å²) < 4.78 is 46.4. The minimum atomic E-state index is -4.33. The van der Waals surface area contributed by atoms with E-state index in [4.69, 9.17) is 9.47 Å². The van der Waals surface area contributed by atoms with Crippen LogP contribution < -0.4 is 9.47 Å². The van der Waals surface area contributed by atoms with Crippen LogP contribution in [0.3, 0.4) is 0 Å². The lowest BCUT2D eigenvalue weighted by molar-refractivity contribution is -0.133. The number of carbonyl (C=O) groups excluding carboxylic acids is 1. The first-order valence-corrected chi connectivity index (χ1v) is 5.61. The standard InChI is InChI=1S/C13H15F3O3/c1-8-6-11(18-2)12(19-3)7-9(8)10(17)4-5-13(14,15)16/h6-7H,4-5H2,1-3H3. The van der Waals surface area contributed by atoms with E-state index >= 15 is 0 Å². The van der Waals surface area contributed by atoms with E-state index in [0.29, 0.717) is 17.1 Å². The summed E-state index contributed by atoms with van der Waals surface area (Å²) >= 11 is 0. The van der Waals surface area contributed by atoms with Crippen LogP contribution in [0.2, 0.25) is 0 Å².